The lowest BCUT2D eigenvalue weighted by atomic mass is 9.98. The molecule has 0 N–H and O–H groups in total. The lowest BCUT2D eigenvalue weighted by Gasteiger charge is -2.29. The first-order chi connectivity index (χ1) is 28.8. The lowest BCUT2D eigenvalue weighted by Crippen LogP contribution is -2.19. The van der Waals surface area contributed by atoms with Crippen molar-refractivity contribution in [2.75, 3.05) is 14.7 Å². The molecule has 4 nitrogen and oxygen atoms in total. The minimum absolute atomic E-state index is 0.340. The summed E-state index contributed by atoms with van der Waals surface area (Å²) in [5.41, 5.74) is 12.2. The quantitative estimate of drug-likeness (QED) is 0.124. The van der Waals surface area contributed by atoms with E-state index in [1.807, 2.05) is 0 Å². The molecule has 1 aliphatic rings. The standard InChI is InChI=1S/C54H47N3O/c1-6-16-44(17-7-1)55(45-18-8-2-9-19-45)49-32-36-51(37-33-49)57(48-30-26-42(27-31-48)43-28-40-54(41-29-43)58-53-24-14-5-15-25-53)52-38-34-50(35-39-52)56(46-20-10-3-11-21-46)47-22-12-4-13-23-47/h1-4,6-13,16-23,26-41,53H,5,14-15,24-25H2. The van der Waals surface area contributed by atoms with E-state index in [1.165, 1.54) is 30.4 Å². The van der Waals surface area contributed by atoms with E-state index < -0.39 is 0 Å². The van der Waals surface area contributed by atoms with Crippen LogP contribution in [0.4, 0.5) is 51.2 Å². The van der Waals surface area contributed by atoms with Crippen LogP contribution in [-0.4, -0.2) is 6.10 Å². The number of hydrogen-bond acceptors (Lipinski definition) is 4. The Balaban J connectivity index is 1.06. The maximum atomic E-state index is 6.33. The molecule has 1 aliphatic carbocycles. The first-order valence-electron chi connectivity index (χ1n) is 20.4. The summed E-state index contributed by atoms with van der Waals surface area (Å²) in [5, 5.41) is 0. The fourth-order valence-corrected chi connectivity index (χ4v) is 8.06. The molecule has 284 valence electrons. The fraction of sp³-hybridized carbons (Fsp3) is 0.111. The van der Waals surface area contributed by atoms with Gasteiger partial charge in [-0.25, -0.2) is 0 Å². The predicted octanol–water partition coefficient (Wildman–Crippen LogP) is 15.5. The third-order valence-corrected chi connectivity index (χ3v) is 11.0. The smallest absolute Gasteiger partial charge is 0.119 e. The lowest BCUT2D eigenvalue weighted by molar-refractivity contribution is 0.155. The van der Waals surface area contributed by atoms with Crippen molar-refractivity contribution in [3.63, 3.8) is 0 Å². The second-order valence-electron chi connectivity index (χ2n) is 14.8. The van der Waals surface area contributed by atoms with Crippen LogP contribution < -0.4 is 19.4 Å². The topological polar surface area (TPSA) is 19.0 Å². The van der Waals surface area contributed by atoms with Gasteiger partial charge in [-0.3, -0.25) is 0 Å². The molecule has 0 unspecified atom stereocenters. The summed E-state index contributed by atoms with van der Waals surface area (Å²) in [7, 11) is 0. The van der Waals surface area contributed by atoms with Gasteiger partial charge in [-0.2, -0.15) is 0 Å². The van der Waals surface area contributed by atoms with Crippen molar-refractivity contribution < 1.29 is 4.74 Å². The van der Waals surface area contributed by atoms with Crippen LogP contribution in [0.15, 0.2) is 218 Å². The minimum atomic E-state index is 0.340. The monoisotopic (exact) mass is 753 g/mol. The van der Waals surface area contributed by atoms with Crippen LogP contribution in [0.5, 0.6) is 5.75 Å². The Bertz CT molecular complexity index is 2260. The van der Waals surface area contributed by atoms with Gasteiger partial charge in [0.25, 0.3) is 0 Å². The minimum Gasteiger partial charge on any atom is -0.490 e. The van der Waals surface area contributed by atoms with E-state index in [9.17, 15) is 0 Å². The molecule has 58 heavy (non-hydrogen) atoms. The van der Waals surface area contributed by atoms with E-state index in [0.717, 1.165) is 69.8 Å². The summed E-state index contributed by atoms with van der Waals surface area (Å²) in [5.74, 6) is 0.960. The summed E-state index contributed by atoms with van der Waals surface area (Å²) >= 11 is 0. The van der Waals surface area contributed by atoms with Gasteiger partial charge in [-0.15, -0.1) is 0 Å². The van der Waals surface area contributed by atoms with Gasteiger partial charge in [0.15, 0.2) is 0 Å². The summed E-state index contributed by atoms with van der Waals surface area (Å²) in [6.45, 7) is 0. The molecule has 0 aromatic heterocycles. The van der Waals surface area contributed by atoms with Crippen LogP contribution in [-0.2, 0) is 0 Å². The van der Waals surface area contributed by atoms with Gasteiger partial charge in [0, 0.05) is 51.2 Å². The van der Waals surface area contributed by atoms with E-state index in [0.29, 0.717) is 6.10 Å². The molecule has 8 aromatic rings. The molecule has 0 aliphatic heterocycles. The number of para-hydroxylation sites is 4. The first kappa shape index (κ1) is 36.6. The maximum Gasteiger partial charge on any atom is 0.119 e. The normalized spacial score (nSPS) is 12.8. The molecule has 1 saturated carbocycles. The van der Waals surface area contributed by atoms with Gasteiger partial charge in [-0.05, 0) is 158 Å². The maximum absolute atomic E-state index is 6.33. The molecule has 1 fully saturated rings. The molecule has 9 rings (SSSR count). The zero-order chi connectivity index (χ0) is 38.9. The number of rotatable bonds is 12. The molecule has 0 heterocycles. The van der Waals surface area contributed by atoms with Crippen LogP contribution in [0.3, 0.4) is 0 Å². The van der Waals surface area contributed by atoms with Crippen LogP contribution in [0.25, 0.3) is 11.1 Å². The highest BCUT2D eigenvalue weighted by Gasteiger charge is 2.19. The Morgan fingerprint density at radius 2 is 0.534 bits per heavy atom. The van der Waals surface area contributed by atoms with Crippen molar-refractivity contribution in [2.45, 2.75) is 38.2 Å². The van der Waals surface area contributed by atoms with Crippen molar-refractivity contribution in [1.82, 2.24) is 0 Å². The highest BCUT2D eigenvalue weighted by atomic mass is 16.5. The van der Waals surface area contributed by atoms with Crippen LogP contribution in [0.2, 0.25) is 0 Å². The molecule has 8 aromatic carbocycles. The van der Waals surface area contributed by atoms with E-state index in [2.05, 4.69) is 233 Å². The highest BCUT2D eigenvalue weighted by molar-refractivity contribution is 5.84. The number of hydrogen-bond donors (Lipinski definition) is 0. The highest BCUT2D eigenvalue weighted by Crippen LogP contribution is 2.41. The van der Waals surface area contributed by atoms with E-state index in [4.69, 9.17) is 4.74 Å². The number of anilines is 9. The van der Waals surface area contributed by atoms with Crippen LogP contribution in [0.1, 0.15) is 32.1 Å². The summed E-state index contributed by atoms with van der Waals surface area (Å²) in [6, 6.07) is 77.4. The molecule has 0 atom stereocenters. The Morgan fingerprint density at radius 1 is 0.276 bits per heavy atom. The van der Waals surface area contributed by atoms with Crippen molar-refractivity contribution in [2.24, 2.45) is 0 Å². The second kappa shape index (κ2) is 17.4. The molecular formula is C54H47N3O. The van der Waals surface area contributed by atoms with Gasteiger partial charge in [0.1, 0.15) is 5.75 Å². The summed E-state index contributed by atoms with van der Waals surface area (Å²) < 4.78 is 6.33. The van der Waals surface area contributed by atoms with Crippen molar-refractivity contribution in [3.05, 3.63) is 218 Å². The molecule has 0 spiro atoms. The predicted molar refractivity (Wildman–Crippen MR) is 243 cm³/mol. The number of benzene rings is 8. The summed E-state index contributed by atoms with van der Waals surface area (Å²) in [6.07, 6.45) is 6.50. The largest absolute Gasteiger partial charge is 0.490 e. The molecular weight excluding hydrogens is 707 g/mol. The van der Waals surface area contributed by atoms with Gasteiger partial charge in [-0.1, -0.05) is 103 Å². The zero-order valence-electron chi connectivity index (χ0n) is 32.6. The second-order valence-corrected chi connectivity index (χ2v) is 14.8. The molecule has 4 heteroatoms. The van der Waals surface area contributed by atoms with Crippen LogP contribution in [0, 0.1) is 0 Å². The Kier molecular flexibility index (Phi) is 11.0. The van der Waals surface area contributed by atoms with Gasteiger partial charge in [0.05, 0.1) is 6.10 Å². The molecule has 0 bridgehead atoms. The number of nitrogens with zero attached hydrogens (tertiary/aromatic N) is 3. The first-order valence-corrected chi connectivity index (χ1v) is 20.4. The number of ether oxygens (including phenoxy) is 1. The Morgan fingerprint density at radius 3 is 0.845 bits per heavy atom. The van der Waals surface area contributed by atoms with Crippen molar-refractivity contribution >= 4 is 51.2 Å². The van der Waals surface area contributed by atoms with Gasteiger partial charge < -0.3 is 19.4 Å². The molecule has 0 radical (unpaired) electrons. The average Bonchev–Trinajstić information content (AvgIpc) is 3.30. The van der Waals surface area contributed by atoms with E-state index >= 15 is 0 Å². The third-order valence-electron chi connectivity index (χ3n) is 11.0. The van der Waals surface area contributed by atoms with Crippen LogP contribution >= 0.6 is 0 Å². The van der Waals surface area contributed by atoms with Gasteiger partial charge >= 0.3 is 0 Å². The van der Waals surface area contributed by atoms with E-state index in [1.54, 1.807) is 0 Å². The summed E-state index contributed by atoms with van der Waals surface area (Å²) in [4.78, 5) is 6.93. The van der Waals surface area contributed by atoms with Gasteiger partial charge in [0.2, 0.25) is 0 Å². The van der Waals surface area contributed by atoms with Crippen molar-refractivity contribution in [1.29, 1.82) is 0 Å². The Labute approximate surface area is 342 Å². The molecule has 0 saturated heterocycles. The van der Waals surface area contributed by atoms with Crippen molar-refractivity contribution in [3.8, 4) is 16.9 Å². The fourth-order valence-electron chi connectivity index (χ4n) is 8.06. The average molecular weight is 754 g/mol. The SMILES string of the molecule is c1ccc(N(c2ccccc2)c2ccc(N(c3ccc(-c4ccc(OC5CCCCC5)cc4)cc3)c3ccc(N(c4ccccc4)c4ccccc4)cc3)cc2)cc1. The molecule has 0 amide bonds. The third kappa shape index (κ3) is 8.23. The van der Waals surface area contributed by atoms with E-state index in [-0.39, 0.29) is 0 Å². The Hall–Kier alpha value is -7.04. The zero-order valence-corrected chi connectivity index (χ0v) is 32.6.